The van der Waals surface area contributed by atoms with Gasteiger partial charge in [0.05, 0.1) is 5.56 Å². The minimum Gasteiger partial charge on any atom is -0.355 e. The van der Waals surface area contributed by atoms with Crippen LogP contribution in [0.1, 0.15) is 32.7 Å². The zero-order valence-electron chi connectivity index (χ0n) is 13.8. The average molecular weight is 308 g/mol. The van der Waals surface area contributed by atoms with Gasteiger partial charge in [0.15, 0.2) is 0 Å². The molecule has 1 aromatic carbocycles. The number of hydrogen-bond donors (Lipinski definition) is 1. The molecule has 1 heterocycles. The van der Waals surface area contributed by atoms with Gasteiger partial charge in [-0.1, -0.05) is 12.1 Å². The minimum absolute atomic E-state index is 0.104. The second-order valence-corrected chi connectivity index (χ2v) is 5.52. The minimum atomic E-state index is -0.104. The summed E-state index contributed by atoms with van der Waals surface area (Å²) in [6.07, 6.45) is 0. The molecule has 2 rings (SSSR count). The second-order valence-electron chi connectivity index (χ2n) is 5.52. The molecule has 23 heavy (non-hydrogen) atoms. The van der Waals surface area contributed by atoms with Crippen LogP contribution in [0.3, 0.4) is 0 Å². The summed E-state index contributed by atoms with van der Waals surface area (Å²) in [5, 5.41) is 12.0. The van der Waals surface area contributed by atoms with Gasteiger partial charge in [-0.2, -0.15) is 5.26 Å². The van der Waals surface area contributed by atoms with Crippen LogP contribution in [0.5, 0.6) is 0 Å². The highest BCUT2D eigenvalue weighted by molar-refractivity contribution is 5.93. The summed E-state index contributed by atoms with van der Waals surface area (Å²) in [5.41, 5.74) is 4.08. The molecule has 0 aliphatic carbocycles. The molecule has 0 saturated carbocycles. The monoisotopic (exact) mass is 308 g/mol. The SMILES string of the molecule is CNC(=O)c1ccc(CN(C)c2nc(C)cc(C)c2C#N)cc1. The number of carbonyl (C=O) groups excluding carboxylic acids is 1. The van der Waals surface area contributed by atoms with Gasteiger partial charge in [-0.25, -0.2) is 4.98 Å². The van der Waals surface area contributed by atoms with Gasteiger partial charge in [0.1, 0.15) is 11.9 Å². The van der Waals surface area contributed by atoms with E-state index >= 15 is 0 Å². The van der Waals surface area contributed by atoms with E-state index in [1.54, 1.807) is 19.2 Å². The average Bonchev–Trinajstić information content (AvgIpc) is 2.54. The molecule has 0 spiro atoms. The first-order valence-corrected chi connectivity index (χ1v) is 7.36. The van der Waals surface area contributed by atoms with E-state index in [0.29, 0.717) is 23.5 Å². The summed E-state index contributed by atoms with van der Waals surface area (Å²) < 4.78 is 0. The van der Waals surface area contributed by atoms with Gasteiger partial charge < -0.3 is 10.2 Å². The van der Waals surface area contributed by atoms with Gasteiger partial charge in [-0.15, -0.1) is 0 Å². The van der Waals surface area contributed by atoms with Gasteiger partial charge >= 0.3 is 0 Å². The van der Waals surface area contributed by atoms with Crippen molar-refractivity contribution in [3.8, 4) is 6.07 Å². The fraction of sp³-hybridized carbons (Fsp3) is 0.278. The number of amides is 1. The van der Waals surface area contributed by atoms with Crippen molar-refractivity contribution in [3.63, 3.8) is 0 Å². The van der Waals surface area contributed by atoms with E-state index < -0.39 is 0 Å². The predicted octanol–water partition coefficient (Wildman–Crippen LogP) is 2.57. The third-order valence-corrected chi connectivity index (χ3v) is 3.66. The van der Waals surface area contributed by atoms with E-state index in [2.05, 4.69) is 16.4 Å². The van der Waals surface area contributed by atoms with Gasteiger partial charge in [-0.05, 0) is 43.2 Å². The van der Waals surface area contributed by atoms with Gasteiger partial charge in [0.2, 0.25) is 0 Å². The van der Waals surface area contributed by atoms with Crippen LogP contribution >= 0.6 is 0 Å². The number of rotatable bonds is 4. The third kappa shape index (κ3) is 3.67. The molecule has 5 heteroatoms. The lowest BCUT2D eigenvalue weighted by atomic mass is 10.1. The number of aromatic nitrogens is 1. The largest absolute Gasteiger partial charge is 0.355 e. The van der Waals surface area contributed by atoms with Crippen LogP contribution in [0, 0.1) is 25.2 Å². The van der Waals surface area contributed by atoms with Crippen LogP contribution in [-0.4, -0.2) is 25.0 Å². The summed E-state index contributed by atoms with van der Waals surface area (Å²) in [4.78, 5) is 18.0. The Hall–Kier alpha value is -2.87. The van der Waals surface area contributed by atoms with Crippen molar-refractivity contribution >= 4 is 11.7 Å². The lowest BCUT2D eigenvalue weighted by Crippen LogP contribution is -2.20. The number of benzene rings is 1. The standard InChI is InChI=1S/C18H20N4O/c1-12-9-13(2)21-17(16(12)10-19)22(4)11-14-5-7-15(8-6-14)18(23)20-3/h5-9H,11H2,1-4H3,(H,20,23). The van der Waals surface area contributed by atoms with E-state index in [0.717, 1.165) is 16.8 Å². The molecule has 1 N–H and O–H groups in total. The topological polar surface area (TPSA) is 69.0 Å². The summed E-state index contributed by atoms with van der Waals surface area (Å²) in [7, 11) is 3.52. The maximum absolute atomic E-state index is 11.6. The zero-order valence-corrected chi connectivity index (χ0v) is 13.8. The quantitative estimate of drug-likeness (QED) is 0.942. The molecule has 0 fully saturated rings. The number of pyridine rings is 1. The normalized spacial score (nSPS) is 10.0. The highest BCUT2D eigenvalue weighted by Gasteiger charge is 2.13. The number of aryl methyl sites for hydroxylation is 2. The van der Waals surface area contributed by atoms with E-state index in [9.17, 15) is 10.1 Å². The number of anilines is 1. The van der Waals surface area contributed by atoms with Crippen molar-refractivity contribution in [1.82, 2.24) is 10.3 Å². The Balaban J connectivity index is 2.24. The molecule has 0 aliphatic rings. The predicted molar refractivity (Wildman–Crippen MR) is 90.4 cm³/mol. The molecule has 1 aromatic heterocycles. The fourth-order valence-electron chi connectivity index (χ4n) is 2.49. The summed E-state index contributed by atoms with van der Waals surface area (Å²) in [6.45, 7) is 4.45. The number of hydrogen-bond acceptors (Lipinski definition) is 4. The number of nitrogens with one attached hydrogen (secondary N) is 1. The van der Waals surface area contributed by atoms with Crippen LogP contribution in [-0.2, 0) is 6.54 Å². The Bertz CT molecular complexity index is 760. The molecule has 5 nitrogen and oxygen atoms in total. The highest BCUT2D eigenvalue weighted by Crippen LogP contribution is 2.22. The molecule has 118 valence electrons. The molecule has 0 atom stereocenters. The lowest BCUT2D eigenvalue weighted by molar-refractivity contribution is 0.0963. The summed E-state index contributed by atoms with van der Waals surface area (Å²) in [6, 6.07) is 11.6. The zero-order chi connectivity index (χ0) is 17.0. The van der Waals surface area contributed by atoms with Crippen LogP contribution in [0.25, 0.3) is 0 Å². The lowest BCUT2D eigenvalue weighted by Gasteiger charge is -2.21. The Morgan fingerprint density at radius 3 is 2.52 bits per heavy atom. The number of carbonyl (C=O) groups is 1. The second kappa shape index (κ2) is 6.93. The van der Waals surface area contributed by atoms with Gasteiger partial charge in [-0.3, -0.25) is 4.79 Å². The molecule has 2 aromatic rings. The Morgan fingerprint density at radius 1 is 1.30 bits per heavy atom. The Kier molecular flexibility index (Phi) is 4.97. The van der Waals surface area contributed by atoms with Crippen molar-refractivity contribution in [2.45, 2.75) is 20.4 Å². The van der Waals surface area contributed by atoms with Crippen LogP contribution in [0.2, 0.25) is 0 Å². The van der Waals surface area contributed by atoms with Crippen molar-refractivity contribution in [2.75, 3.05) is 19.0 Å². The highest BCUT2D eigenvalue weighted by atomic mass is 16.1. The maximum Gasteiger partial charge on any atom is 0.251 e. The first-order chi connectivity index (χ1) is 11.0. The summed E-state index contributed by atoms with van der Waals surface area (Å²) >= 11 is 0. The Morgan fingerprint density at radius 2 is 1.96 bits per heavy atom. The van der Waals surface area contributed by atoms with Gasteiger partial charge in [0, 0.05) is 31.9 Å². The van der Waals surface area contributed by atoms with Gasteiger partial charge in [0.25, 0.3) is 5.91 Å². The first kappa shape index (κ1) is 16.5. The van der Waals surface area contributed by atoms with E-state index in [4.69, 9.17) is 0 Å². The van der Waals surface area contributed by atoms with Crippen molar-refractivity contribution in [3.05, 3.63) is 58.3 Å². The maximum atomic E-state index is 11.6. The van der Waals surface area contributed by atoms with Crippen LogP contribution < -0.4 is 10.2 Å². The van der Waals surface area contributed by atoms with Crippen molar-refractivity contribution in [1.29, 1.82) is 5.26 Å². The van der Waals surface area contributed by atoms with E-state index in [1.165, 1.54) is 0 Å². The molecule has 0 aliphatic heterocycles. The van der Waals surface area contributed by atoms with Crippen LogP contribution in [0.15, 0.2) is 30.3 Å². The number of nitriles is 1. The molecule has 0 saturated heterocycles. The van der Waals surface area contributed by atoms with Crippen LogP contribution in [0.4, 0.5) is 5.82 Å². The van der Waals surface area contributed by atoms with E-state index in [1.807, 2.05) is 44.0 Å². The number of nitrogens with zero attached hydrogens (tertiary/aromatic N) is 3. The van der Waals surface area contributed by atoms with E-state index in [-0.39, 0.29) is 5.91 Å². The molecule has 0 bridgehead atoms. The molecular weight excluding hydrogens is 288 g/mol. The summed E-state index contributed by atoms with van der Waals surface area (Å²) in [5.74, 6) is 0.577. The fourth-order valence-corrected chi connectivity index (χ4v) is 2.49. The molecule has 1 amide bonds. The Labute approximate surface area is 136 Å². The molecule has 0 radical (unpaired) electrons. The van der Waals surface area contributed by atoms with Crippen molar-refractivity contribution < 1.29 is 4.79 Å². The smallest absolute Gasteiger partial charge is 0.251 e. The third-order valence-electron chi connectivity index (χ3n) is 3.66. The molecular formula is C18H20N4O. The molecule has 0 unspecified atom stereocenters. The van der Waals surface area contributed by atoms with Crippen molar-refractivity contribution in [2.24, 2.45) is 0 Å². The first-order valence-electron chi connectivity index (χ1n) is 7.36.